The molecule has 2 atom stereocenters. The normalized spacial score (nSPS) is 24.4. The highest BCUT2D eigenvalue weighted by atomic mass is 32.2. The number of anilines is 1. The summed E-state index contributed by atoms with van der Waals surface area (Å²) >= 11 is 1.79. The van der Waals surface area contributed by atoms with Crippen LogP contribution >= 0.6 is 11.8 Å². The van der Waals surface area contributed by atoms with Crippen LogP contribution in [0.3, 0.4) is 0 Å². The monoisotopic (exact) mass is 266 g/mol. The molecule has 0 bridgehead atoms. The van der Waals surface area contributed by atoms with Gasteiger partial charge in [-0.25, -0.2) is 0 Å². The van der Waals surface area contributed by atoms with E-state index in [0.717, 1.165) is 5.03 Å². The fourth-order valence-corrected chi connectivity index (χ4v) is 3.83. The molecule has 2 aliphatic heterocycles. The lowest BCUT2D eigenvalue weighted by Gasteiger charge is -2.50. The molecule has 4 rings (SSSR count). The molecule has 0 amide bonds. The van der Waals surface area contributed by atoms with E-state index in [1.807, 2.05) is 0 Å². The van der Waals surface area contributed by atoms with E-state index < -0.39 is 0 Å². The molecule has 2 unspecified atom stereocenters. The zero-order valence-corrected chi connectivity index (χ0v) is 11.2. The lowest BCUT2D eigenvalue weighted by molar-refractivity contribution is 0.478. The summed E-state index contributed by atoms with van der Waals surface area (Å²) in [5.74, 6) is 0. The van der Waals surface area contributed by atoms with Gasteiger partial charge in [0.25, 0.3) is 0 Å². The Morgan fingerprint density at radius 3 is 2.58 bits per heavy atom. The van der Waals surface area contributed by atoms with Gasteiger partial charge >= 0.3 is 0 Å². The van der Waals surface area contributed by atoms with Crippen molar-refractivity contribution >= 4 is 17.4 Å². The number of nitrogens with zero attached hydrogens (tertiary/aromatic N) is 1. The first-order valence-corrected chi connectivity index (χ1v) is 7.27. The quantitative estimate of drug-likeness (QED) is 0.839. The maximum atomic E-state index is 4.22. The molecule has 1 fully saturated rings. The van der Waals surface area contributed by atoms with Crippen LogP contribution in [0.4, 0.5) is 5.69 Å². The van der Waals surface area contributed by atoms with Crippen molar-refractivity contribution < 1.29 is 0 Å². The molecule has 2 nitrogen and oxygen atoms in total. The van der Waals surface area contributed by atoms with Crippen LogP contribution < -0.4 is 10.2 Å². The third kappa shape index (κ3) is 1.62. The van der Waals surface area contributed by atoms with E-state index in [2.05, 4.69) is 71.4 Å². The predicted molar refractivity (Wildman–Crippen MR) is 80.7 cm³/mol. The van der Waals surface area contributed by atoms with E-state index in [9.17, 15) is 0 Å². The van der Waals surface area contributed by atoms with Gasteiger partial charge in [-0.15, -0.1) is 0 Å². The Morgan fingerprint density at radius 1 is 1.00 bits per heavy atom. The van der Waals surface area contributed by atoms with E-state index in [1.54, 1.807) is 11.8 Å². The number of para-hydroxylation sites is 1. The van der Waals surface area contributed by atoms with Gasteiger partial charge in [0.1, 0.15) is 6.17 Å². The number of fused-ring (bicyclic) bond motifs is 4. The summed E-state index contributed by atoms with van der Waals surface area (Å²) in [7, 11) is 0. The van der Waals surface area contributed by atoms with Crippen LogP contribution in [0.5, 0.6) is 0 Å². The van der Waals surface area contributed by atoms with Gasteiger partial charge in [-0.1, -0.05) is 66.9 Å². The molecular formula is C16H14N2S. The van der Waals surface area contributed by atoms with Gasteiger partial charge in [0.2, 0.25) is 0 Å². The van der Waals surface area contributed by atoms with Gasteiger partial charge < -0.3 is 4.90 Å². The molecule has 1 N–H and O–H groups in total. The predicted octanol–water partition coefficient (Wildman–Crippen LogP) is 4.01. The van der Waals surface area contributed by atoms with Crippen LogP contribution in [0.1, 0.15) is 22.7 Å². The molecule has 2 aromatic rings. The number of benzene rings is 2. The van der Waals surface area contributed by atoms with E-state index in [4.69, 9.17) is 0 Å². The van der Waals surface area contributed by atoms with E-state index in [1.165, 1.54) is 16.8 Å². The Morgan fingerprint density at radius 2 is 1.74 bits per heavy atom. The van der Waals surface area contributed by atoms with Crippen LogP contribution in [-0.4, -0.2) is 0 Å². The number of hydrogen-bond donors (Lipinski definition) is 1. The van der Waals surface area contributed by atoms with E-state index in [0.29, 0.717) is 0 Å². The average Bonchev–Trinajstić information content (AvgIpc) is 2.45. The summed E-state index contributed by atoms with van der Waals surface area (Å²) in [4.78, 5) is 2.28. The summed E-state index contributed by atoms with van der Waals surface area (Å²) in [6.07, 6.45) is 0.273. The zero-order chi connectivity index (χ0) is 12.8. The van der Waals surface area contributed by atoms with Crippen LogP contribution in [-0.2, 0) is 0 Å². The minimum Gasteiger partial charge on any atom is -0.316 e. The second kappa shape index (κ2) is 4.15. The summed E-state index contributed by atoms with van der Waals surface area (Å²) in [5, 5.41) is 5.09. The molecule has 19 heavy (non-hydrogen) atoms. The van der Waals surface area contributed by atoms with E-state index >= 15 is 0 Å². The first kappa shape index (κ1) is 11.1. The molecular weight excluding hydrogens is 252 g/mol. The van der Waals surface area contributed by atoms with Crippen molar-refractivity contribution in [3.05, 3.63) is 77.3 Å². The smallest absolute Gasteiger partial charge is 0.114 e. The second-order valence-electron chi connectivity index (χ2n) is 4.80. The third-order valence-corrected chi connectivity index (χ3v) is 4.80. The zero-order valence-electron chi connectivity index (χ0n) is 10.4. The molecule has 2 aliphatic rings. The average molecular weight is 266 g/mol. The third-order valence-electron chi connectivity index (χ3n) is 3.68. The standard InChI is InChI=1S/C16H14N2S/c1-11-18-14-10-6-5-9-13(14)15(18)17-16(19-11)12-7-3-2-4-8-12/h2-10,15-17H,1H2. The maximum absolute atomic E-state index is 4.22. The highest BCUT2D eigenvalue weighted by Crippen LogP contribution is 2.53. The largest absolute Gasteiger partial charge is 0.316 e. The Labute approximate surface area is 117 Å². The summed E-state index contributed by atoms with van der Waals surface area (Å²) in [6.45, 7) is 4.22. The molecule has 0 radical (unpaired) electrons. The molecule has 0 aromatic heterocycles. The Kier molecular flexibility index (Phi) is 2.43. The first-order chi connectivity index (χ1) is 9.34. The fourth-order valence-electron chi connectivity index (χ4n) is 2.76. The van der Waals surface area contributed by atoms with Crippen LogP contribution in [0.25, 0.3) is 0 Å². The number of thioether (sulfide) groups is 1. The van der Waals surface area contributed by atoms with Crippen LogP contribution in [0.2, 0.25) is 0 Å². The van der Waals surface area contributed by atoms with Crippen molar-refractivity contribution in [1.82, 2.24) is 5.32 Å². The van der Waals surface area contributed by atoms with Gasteiger partial charge in [0.15, 0.2) is 0 Å². The van der Waals surface area contributed by atoms with Crippen molar-refractivity contribution in [3.63, 3.8) is 0 Å². The van der Waals surface area contributed by atoms with Gasteiger partial charge in [0.05, 0.1) is 16.1 Å². The fraction of sp³-hybridized carbons (Fsp3) is 0.125. The van der Waals surface area contributed by atoms with Crippen molar-refractivity contribution in [2.75, 3.05) is 4.90 Å². The molecule has 3 heteroatoms. The number of nitrogens with one attached hydrogen (secondary N) is 1. The SMILES string of the molecule is C=C1SC(c2ccccc2)NC2c3ccccc3N12. The topological polar surface area (TPSA) is 15.3 Å². The minimum absolute atomic E-state index is 0.273. The van der Waals surface area contributed by atoms with Crippen LogP contribution in [0.15, 0.2) is 66.2 Å². The molecule has 1 saturated heterocycles. The lowest BCUT2D eigenvalue weighted by Crippen LogP contribution is -2.49. The minimum atomic E-state index is 0.273. The summed E-state index contributed by atoms with van der Waals surface area (Å²) in [6, 6.07) is 19.1. The molecule has 0 aliphatic carbocycles. The van der Waals surface area contributed by atoms with Crippen molar-refractivity contribution in [3.8, 4) is 0 Å². The van der Waals surface area contributed by atoms with Gasteiger partial charge in [-0.05, 0) is 11.6 Å². The van der Waals surface area contributed by atoms with Crippen molar-refractivity contribution in [2.24, 2.45) is 0 Å². The molecule has 2 aromatic carbocycles. The summed E-state index contributed by atoms with van der Waals surface area (Å²) < 4.78 is 0. The van der Waals surface area contributed by atoms with Crippen molar-refractivity contribution in [2.45, 2.75) is 11.5 Å². The lowest BCUT2D eigenvalue weighted by atomic mass is 9.99. The molecule has 0 spiro atoms. The number of rotatable bonds is 1. The Balaban J connectivity index is 1.68. The van der Waals surface area contributed by atoms with Gasteiger partial charge in [-0.3, -0.25) is 5.32 Å². The van der Waals surface area contributed by atoms with Crippen molar-refractivity contribution in [1.29, 1.82) is 0 Å². The van der Waals surface area contributed by atoms with Gasteiger partial charge in [0, 0.05) is 5.56 Å². The van der Waals surface area contributed by atoms with Gasteiger partial charge in [-0.2, -0.15) is 0 Å². The molecule has 2 heterocycles. The van der Waals surface area contributed by atoms with E-state index in [-0.39, 0.29) is 11.5 Å². The van der Waals surface area contributed by atoms with Crippen LogP contribution in [0, 0.1) is 0 Å². The number of hydrogen-bond acceptors (Lipinski definition) is 3. The first-order valence-electron chi connectivity index (χ1n) is 6.39. The highest BCUT2D eigenvalue weighted by molar-refractivity contribution is 8.03. The summed E-state index contributed by atoms with van der Waals surface area (Å²) in [5.41, 5.74) is 3.95. The molecule has 94 valence electrons. The highest BCUT2D eigenvalue weighted by Gasteiger charge is 2.41. The second-order valence-corrected chi connectivity index (χ2v) is 5.98. The maximum Gasteiger partial charge on any atom is 0.114 e. The Bertz CT molecular complexity index is 638. The molecule has 0 saturated carbocycles. The Hall–Kier alpha value is -1.71.